The third-order valence-electron chi connectivity index (χ3n) is 2.31. The highest BCUT2D eigenvalue weighted by Crippen LogP contribution is 2.11. The van der Waals surface area contributed by atoms with Gasteiger partial charge in [0.15, 0.2) is 0 Å². The van der Waals surface area contributed by atoms with Gasteiger partial charge in [-0.15, -0.1) is 0 Å². The number of unbranched alkanes of at least 4 members (excludes halogenated alkanes) is 1. The van der Waals surface area contributed by atoms with E-state index in [0.29, 0.717) is 5.75 Å². The van der Waals surface area contributed by atoms with E-state index in [1.54, 1.807) is 11.8 Å². The van der Waals surface area contributed by atoms with Gasteiger partial charge in [-0.1, -0.05) is 13.3 Å². The normalized spacial score (nSPS) is 16.4. The summed E-state index contributed by atoms with van der Waals surface area (Å²) in [7, 11) is 0. The van der Waals surface area contributed by atoms with E-state index in [1.165, 1.54) is 0 Å². The van der Waals surface area contributed by atoms with Crippen LogP contribution in [0.15, 0.2) is 0 Å². The van der Waals surface area contributed by atoms with Crippen LogP contribution < -0.4 is 10.6 Å². The molecule has 0 atom stereocenters. The van der Waals surface area contributed by atoms with Crippen molar-refractivity contribution in [3.63, 3.8) is 0 Å². The van der Waals surface area contributed by atoms with Crippen LogP contribution in [0, 0.1) is 5.92 Å². The van der Waals surface area contributed by atoms with Gasteiger partial charge in [0, 0.05) is 6.54 Å². The van der Waals surface area contributed by atoms with Gasteiger partial charge in [0.25, 0.3) is 0 Å². The van der Waals surface area contributed by atoms with Gasteiger partial charge in [-0.25, -0.2) is 0 Å². The Labute approximate surface area is 90.4 Å². The van der Waals surface area contributed by atoms with Crippen molar-refractivity contribution in [2.24, 2.45) is 5.92 Å². The first-order valence-electron chi connectivity index (χ1n) is 5.38. The van der Waals surface area contributed by atoms with Crippen LogP contribution in [-0.4, -0.2) is 37.0 Å². The van der Waals surface area contributed by atoms with Crippen molar-refractivity contribution in [3.8, 4) is 0 Å². The van der Waals surface area contributed by atoms with Crippen LogP contribution in [0.1, 0.15) is 19.8 Å². The van der Waals surface area contributed by atoms with Gasteiger partial charge in [0.1, 0.15) is 0 Å². The number of carbonyl (C=O) groups excluding carboxylic acids is 1. The lowest BCUT2D eigenvalue weighted by Gasteiger charge is -2.26. The predicted molar refractivity (Wildman–Crippen MR) is 61.6 cm³/mol. The van der Waals surface area contributed by atoms with E-state index < -0.39 is 0 Å². The predicted octanol–water partition coefficient (Wildman–Crippen LogP) is 0.855. The van der Waals surface area contributed by atoms with E-state index in [9.17, 15) is 4.79 Å². The van der Waals surface area contributed by atoms with Crippen LogP contribution in [0.4, 0.5) is 0 Å². The van der Waals surface area contributed by atoms with Crippen LogP contribution in [0.3, 0.4) is 0 Å². The summed E-state index contributed by atoms with van der Waals surface area (Å²) in [6.07, 6.45) is 2.23. The van der Waals surface area contributed by atoms with Crippen LogP contribution >= 0.6 is 11.8 Å². The Morgan fingerprint density at radius 3 is 2.93 bits per heavy atom. The number of rotatable bonds is 7. The first kappa shape index (κ1) is 11.9. The van der Waals surface area contributed by atoms with Gasteiger partial charge in [-0.2, -0.15) is 11.8 Å². The van der Waals surface area contributed by atoms with Crippen LogP contribution in [0.5, 0.6) is 0 Å². The van der Waals surface area contributed by atoms with Gasteiger partial charge in [-0.05, 0) is 31.2 Å². The molecule has 4 heteroatoms. The molecule has 0 radical (unpaired) electrons. The molecule has 1 heterocycles. The lowest BCUT2D eigenvalue weighted by atomic mass is 10.1. The monoisotopic (exact) mass is 216 g/mol. The highest BCUT2D eigenvalue weighted by molar-refractivity contribution is 7.99. The van der Waals surface area contributed by atoms with Gasteiger partial charge in [0.2, 0.25) is 5.91 Å². The quantitative estimate of drug-likeness (QED) is 0.620. The second-order valence-corrected chi connectivity index (χ2v) is 4.77. The Hall–Kier alpha value is -0.220. The maximum atomic E-state index is 11.3. The summed E-state index contributed by atoms with van der Waals surface area (Å²) in [5.74, 6) is 2.73. The van der Waals surface area contributed by atoms with Crippen molar-refractivity contribution in [2.75, 3.05) is 31.1 Å². The molecule has 1 rings (SSSR count). The van der Waals surface area contributed by atoms with Crippen LogP contribution in [-0.2, 0) is 4.79 Å². The Balaban J connectivity index is 1.86. The minimum absolute atomic E-state index is 0.190. The molecule has 14 heavy (non-hydrogen) atoms. The average Bonchev–Trinajstić information content (AvgIpc) is 2.10. The van der Waals surface area contributed by atoms with E-state index in [1.807, 2.05) is 0 Å². The fourth-order valence-corrected chi connectivity index (χ4v) is 2.21. The highest BCUT2D eigenvalue weighted by atomic mass is 32.2. The van der Waals surface area contributed by atoms with Crippen molar-refractivity contribution < 1.29 is 4.79 Å². The van der Waals surface area contributed by atoms with Gasteiger partial charge in [0.05, 0.1) is 5.75 Å². The summed E-state index contributed by atoms with van der Waals surface area (Å²) in [4.78, 5) is 11.3. The number of hydrogen-bond acceptors (Lipinski definition) is 3. The van der Waals surface area contributed by atoms with Gasteiger partial charge < -0.3 is 10.6 Å². The molecule has 0 aromatic carbocycles. The molecular formula is C10H20N2OS. The SMILES string of the molecule is CCCCNC(=O)CSCC1CNC1. The van der Waals surface area contributed by atoms with Crippen molar-refractivity contribution >= 4 is 17.7 Å². The summed E-state index contributed by atoms with van der Waals surface area (Å²) in [5, 5.41) is 6.15. The van der Waals surface area contributed by atoms with Crippen molar-refractivity contribution in [3.05, 3.63) is 0 Å². The molecule has 1 aliphatic rings. The van der Waals surface area contributed by atoms with Gasteiger partial charge in [-0.3, -0.25) is 4.79 Å². The number of thioether (sulfide) groups is 1. The second kappa shape index (κ2) is 7.12. The van der Waals surface area contributed by atoms with Crippen molar-refractivity contribution in [2.45, 2.75) is 19.8 Å². The van der Waals surface area contributed by atoms with Crippen LogP contribution in [0.25, 0.3) is 0 Å². The van der Waals surface area contributed by atoms with Crippen molar-refractivity contribution in [1.82, 2.24) is 10.6 Å². The molecule has 0 unspecified atom stereocenters. The summed E-state index contributed by atoms with van der Waals surface area (Å²) in [5.41, 5.74) is 0. The summed E-state index contributed by atoms with van der Waals surface area (Å²) in [6, 6.07) is 0. The molecule has 0 bridgehead atoms. The number of amides is 1. The molecule has 0 aliphatic carbocycles. The number of carbonyl (C=O) groups is 1. The molecule has 0 saturated carbocycles. The molecule has 1 amide bonds. The zero-order valence-electron chi connectivity index (χ0n) is 8.84. The topological polar surface area (TPSA) is 41.1 Å². The molecule has 1 aliphatic heterocycles. The van der Waals surface area contributed by atoms with Crippen LogP contribution in [0.2, 0.25) is 0 Å². The lowest BCUT2D eigenvalue weighted by molar-refractivity contribution is -0.118. The summed E-state index contributed by atoms with van der Waals surface area (Å²) in [6.45, 7) is 5.22. The van der Waals surface area contributed by atoms with E-state index in [0.717, 1.165) is 44.1 Å². The molecule has 0 aromatic heterocycles. The molecule has 2 N–H and O–H groups in total. The van der Waals surface area contributed by atoms with E-state index in [4.69, 9.17) is 0 Å². The molecule has 0 aromatic rings. The molecule has 3 nitrogen and oxygen atoms in total. The Kier molecular flexibility index (Phi) is 6.03. The van der Waals surface area contributed by atoms with E-state index in [2.05, 4.69) is 17.6 Å². The maximum Gasteiger partial charge on any atom is 0.229 e. The third-order valence-corrected chi connectivity index (χ3v) is 3.48. The zero-order chi connectivity index (χ0) is 10.2. The van der Waals surface area contributed by atoms with E-state index >= 15 is 0 Å². The van der Waals surface area contributed by atoms with E-state index in [-0.39, 0.29) is 5.91 Å². The minimum Gasteiger partial charge on any atom is -0.355 e. The minimum atomic E-state index is 0.190. The Morgan fingerprint density at radius 1 is 1.57 bits per heavy atom. The average molecular weight is 216 g/mol. The number of hydrogen-bond donors (Lipinski definition) is 2. The zero-order valence-corrected chi connectivity index (χ0v) is 9.66. The van der Waals surface area contributed by atoms with Crippen molar-refractivity contribution in [1.29, 1.82) is 0 Å². The molecule has 82 valence electrons. The Morgan fingerprint density at radius 2 is 2.36 bits per heavy atom. The number of nitrogens with one attached hydrogen (secondary N) is 2. The molecular weight excluding hydrogens is 196 g/mol. The highest BCUT2D eigenvalue weighted by Gasteiger charge is 2.16. The van der Waals surface area contributed by atoms with Gasteiger partial charge >= 0.3 is 0 Å². The second-order valence-electron chi connectivity index (χ2n) is 3.74. The first-order chi connectivity index (χ1) is 6.83. The molecule has 1 saturated heterocycles. The standard InChI is InChI=1S/C10H20N2OS/c1-2-3-4-12-10(13)8-14-7-9-5-11-6-9/h9,11H,2-8H2,1H3,(H,12,13). The fourth-order valence-electron chi connectivity index (χ4n) is 1.24. The largest absolute Gasteiger partial charge is 0.355 e. The fraction of sp³-hybridized carbons (Fsp3) is 0.900. The lowest BCUT2D eigenvalue weighted by Crippen LogP contribution is -2.43. The molecule has 0 spiro atoms. The summed E-state index contributed by atoms with van der Waals surface area (Å²) < 4.78 is 0. The smallest absolute Gasteiger partial charge is 0.229 e. The summed E-state index contributed by atoms with van der Waals surface area (Å²) >= 11 is 1.75. The third kappa shape index (κ3) is 4.86. The maximum absolute atomic E-state index is 11.3. The molecule has 1 fully saturated rings. The Bertz CT molecular complexity index is 172. The first-order valence-corrected chi connectivity index (χ1v) is 6.53.